The second-order valence-electron chi connectivity index (χ2n) is 4.43. The fourth-order valence-corrected chi connectivity index (χ4v) is 2.06. The molecule has 0 saturated carbocycles. The van der Waals surface area contributed by atoms with Crippen LogP contribution in [-0.4, -0.2) is 7.05 Å². The molecule has 0 fully saturated rings. The van der Waals surface area contributed by atoms with Gasteiger partial charge in [-0.25, -0.2) is 13.2 Å². The van der Waals surface area contributed by atoms with Gasteiger partial charge in [0.2, 0.25) is 0 Å². The molecule has 0 aliphatic heterocycles. The van der Waals surface area contributed by atoms with Crippen LogP contribution in [0.5, 0.6) is 0 Å². The maximum absolute atomic E-state index is 13.6. The standard InChI is InChI=1S/C15H14F3N/c1-9-3-4-10(7-14(9)18)15(19-2)11-5-12(16)8-13(17)6-11/h3-8,15,19H,1-2H3. The van der Waals surface area contributed by atoms with Crippen LogP contribution in [-0.2, 0) is 0 Å². The third-order valence-corrected chi connectivity index (χ3v) is 3.04. The summed E-state index contributed by atoms with van der Waals surface area (Å²) < 4.78 is 40.1. The molecule has 2 aromatic carbocycles. The normalized spacial score (nSPS) is 12.5. The molecule has 0 aliphatic carbocycles. The molecule has 0 radical (unpaired) electrons. The van der Waals surface area contributed by atoms with E-state index in [1.54, 1.807) is 26.1 Å². The third kappa shape index (κ3) is 2.96. The zero-order valence-corrected chi connectivity index (χ0v) is 10.7. The molecule has 1 atom stereocenters. The minimum atomic E-state index is -0.650. The number of hydrogen-bond acceptors (Lipinski definition) is 1. The van der Waals surface area contributed by atoms with Crippen LogP contribution >= 0.6 is 0 Å². The fraction of sp³-hybridized carbons (Fsp3) is 0.200. The number of hydrogen-bond donors (Lipinski definition) is 1. The van der Waals surface area contributed by atoms with Gasteiger partial charge in [-0.1, -0.05) is 12.1 Å². The van der Waals surface area contributed by atoms with Crippen LogP contribution in [0.2, 0.25) is 0 Å². The van der Waals surface area contributed by atoms with Gasteiger partial charge < -0.3 is 5.32 Å². The van der Waals surface area contributed by atoms with Crippen molar-refractivity contribution >= 4 is 0 Å². The summed E-state index contributed by atoms with van der Waals surface area (Å²) in [6, 6.07) is 7.59. The molecule has 100 valence electrons. The average molecular weight is 265 g/mol. The Hall–Kier alpha value is -1.81. The van der Waals surface area contributed by atoms with E-state index in [9.17, 15) is 13.2 Å². The lowest BCUT2D eigenvalue weighted by atomic mass is 9.97. The molecule has 2 rings (SSSR count). The second kappa shape index (κ2) is 5.45. The van der Waals surface area contributed by atoms with E-state index in [1.165, 1.54) is 18.2 Å². The van der Waals surface area contributed by atoms with Crippen LogP contribution in [0.25, 0.3) is 0 Å². The molecule has 0 bridgehead atoms. The van der Waals surface area contributed by atoms with Crippen LogP contribution in [0.15, 0.2) is 36.4 Å². The predicted molar refractivity (Wildman–Crippen MR) is 68.4 cm³/mol. The summed E-state index contributed by atoms with van der Waals surface area (Å²) in [6.45, 7) is 1.66. The van der Waals surface area contributed by atoms with Crippen LogP contribution < -0.4 is 5.32 Å². The zero-order valence-electron chi connectivity index (χ0n) is 10.7. The molecule has 0 aromatic heterocycles. The largest absolute Gasteiger partial charge is 0.309 e. The summed E-state index contributed by atoms with van der Waals surface area (Å²) >= 11 is 0. The Morgan fingerprint density at radius 3 is 2.05 bits per heavy atom. The number of benzene rings is 2. The summed E-state index contributed by atoms with van der Waals surface area (Å²) in [5.41, 5.74) is 1.57. The maximum atomic E-state index is 13.6. The Morgan fingerprint density at radius 2 is 1.53 bits per heavy atom. The van der Waals surface area contributed by atoms with Crippen LogP contribution in [0.1, 0.15) is 22.7 Å². The predicted octanol–water partition coefficient (Wildman–Crippen LogP) is 3.72. The van der Waals surface area contributed by atoms with Gasteiger partial charge in [-0.15, -0.1) is 0 Å². The van der Waals surface area contributed by atoms with Crippen molar-refractivity contribution < 1.29 is 13.2 Å². The molecule has 0 amide bonds. The van der Waals surface area contributed by atoms with E-state index >= 15 is 0 Å². The van der Waals surface area contributed by atoms with Gasteiger partial charge in [0.25, 0.3) is 0 Å². The van der Waals surface area contributed by atoms with E-state index in [2.05, 4.69) is 5.32 Å². The highest BCUT2D eigenvalue weighted by Crippen LogP contribution is 2.24. The summed E-state index contributed by atoms with van der Waals surface area (Å²) in [5.74, 6) is -1.64. The first-order valence-corrected chi connectivity index (χ1v) is 5.90. The van der Waals surface area contributed by atoms with E-state index in [-0.39, 0.29) is 5.82 Å². The molecule has 2 aromatic rings. The molecule has 1 N–H and O–H groups in total. The lowest BCUT2D eigenvalue weighted by Crippen LogP contribution is -2.18. The van der Waals surface area contributed by atoms with Crippen molar-refractivity contribution in [1.29, 1.82) is 0 Å². The van der Waals surface area contributed by atoms with Crippen molar-refractivity contribution in [2.75, 3.05) is 7.05 Å². The molecular formula is C15H14F3N. The highest BCUT2D eigenvalue weighted by molar-refractivity contribution is 5.34. The van der Waals surface area contributed by atoms with Crippen molar-refractivity contribution in [1.82, 2.24) is 5.32 Å². The number of aryl methyl sites for hydroxylation is 1. The van der Waals surface area contributed by atoms with Crippen LogP contribution in [0.4, 0.5) is 13.2 Å². The van der Waals surface area contributed by atoms with Crippen molar-refractivity contribution in [3.05, 3.63) is 70.5 Å². The molecule has 0 saturated heterocycles. The quantitative estimate of drug-likeness (QED) is 0.891. The molecule has 1 unspecified atom stereocenters. The first kappa shape index (κ1) is 13.6. The van der Waals surface area contributed by atoms with Crippen LogP contribution in [0.3, 0.4) is 0 Å². The van der Waals surface area contributed by atoms with Gasteiger partial charge in [-0.3, -0.25) is 0 Å². The monoisotopic (exact) mass is 265 g/mol. The van der Waals surface area contributed by atoms with E-state index in [0.717, 1.165) is 6.07 Å². The van der Waals surface area contributed by atoms with Gasteiger partial charge in [0.15, 0.2) is 0 Å². The van der Waals surface area contributed by atoms with Gasteiger partial charge in [0.05, 0.1) is 6.04 Å². The second-order valence-corrected chi connectivity index (χ2v) is 4.43. The average Bonchev–Trinajstić information content (AvgIpc) is 2.33. The molecule has 0 spiro atoms. The van der Waals surface area contributed by atoms with E-state index in [4.69, 9.17) is 0 Å². The number of nitrogens with one attached hydrogen (secondary N) is 1. The molecule has 4 heteroatoms. The lowest BCUT2D eigenvalue weighted by molar-refractivity contribution is 0.570. The van der Waals surface area contributed by atoms with Crippen LogP contribution in [0, 0.1) is 24.4 Å². The Morgan fingerprint density at radius 1 is 0.895 bits per heavy atom. The Bertz CT molecular complexity index is 576. The molecule has 19 heavy (non-hydrogen) atoms. The minimum absolute atomic E-state index is 0.338. The SMILES string of the molecule is CNC(c1cc(F)cc(F)c1)c1ccc(C)c(F)c1. The summed E-state index contributed by atoms with van der Waals surface area (Å²) in [6.07, 6.45) is 0. The molecule has 0 heterocycles. The first-order chi connectivity index (χ1) is 9.01. The van der Waals surface area contributed by atoms with Gasteiger partial charge in [-0.2, -0.15) is 0 Å². The van der Waals surface area contributed by atoms with Crippen molar-refractivity contribution in [2.24, 2.45) is 0 Å². The molecular weight excluding hydrogens is 251 g/mol. The van der Waals surface area contributed by atoms with E-state index < -0.39 is 17.7 Å². The van der Waals surface area contributed by atoms with E-state index in [0.29, 0.717) is 16.7 Å². The minimum Gasteiger partial charge on any atom is -0.309 e. The number of halogens is 3. The first-order valence-electron chi connectivity index (χ1n) is 5.90. The Balaban J connectivity index is 2.46. The summed E-state index contributed by atoms with van der Waals surface area (Å²) in [7, 11) is 1.66. The fourth-order valence-electron chi connectivity index (χ4n) is 2.06. The third-order valence-electron chi connectivity index (χ3n) is 3.04. The summed E-state index contributed by atoms with van der Waals surface area (Å²) in [4.78, 5) is 0. The maximum Gasteiger partial charge on any atom is 0.126 e. The van der Waals surface area contributed by atoms with Crippen molar-refractivity contribution in [2.45, 2.75) is 13.0 Å². The van der Waals surface area contributed by atoms with Gasteiger partial charge in [0.1, 0.15) is 17.5 Å². The van der Waals surface area contributed by atoms with Crippen molar-refractivity contribution in [3.8, 4) is 0 Å². The van der Waals surface area contributed by atoms with E-state index in [1.807, 2.05) is 0 Å². The highest BCUT2D eigenvalue weighted by atomic mass is 19.1. The topological polar surface area (TPSA) is 12.0 Å². The summed E-state index contributed by atoms with van der Waals surface area (Å²) in [5, 5.41) is 2.94. The van der Waals surface area contributed by atoms with Gasteiger partial charge >= 0.3 is 0 Å². The van der Waals surface area contributed by atoms with Crippen molar-refractivity contribution in [3.63, 3.8) is 0 Å². The molecule has 0 aliphatic rings. The zero-order chi connectivity index (χ0) is 14.0. The Kier molecular flexibility index (Phi) is 3.90. The smallest absolute Gasteiger partial charge is 0.126 e. The lowest BCUT2D eigenvalue weighted by Gasteiger charge is -2.18. The highest BCUT2D eigenvalue weighted by Gasteiger charge is 2.15. The number of rotatable bonds is 3. The molecule has 1 nitrogen and oxygen atoms in total. The van der Waals surface area contributed by atoms with Gasteiger partial charge in [0, 0.05) is 6.07 Å². The Labute approximate surface area is 110 Å². The van der Waals surface area contributed by atoms with Gasteiger partial charge in [-0.05, 0) is 48.9 Å².